The Kier molecular flexibility index (Phi) is 6.09. The van der Waals surface area contributed by atoms with Crippen LogP contribution < -0.4 is 16.4 Å². The smallest absolute Gasteiger partial charge is 0.343 e. The van der Waals surface area contributed by atoms with E-state index in [1.807, 2.05) is 0 Å². The molecule has 0 spiro atoms. The van der Waals surface area contributed by atoms with E-state index in [0.29, 0.717) is 17.8 Å². The van der Waals surface area contributed by atoms with Crippen molar-refractivity contribution in [2.45, 2.75) is 68.3 Å². The molecule has 5 rings (SSSR count). The zero-order valence-corrected chi connectivity index (χ0v) is 18.7. The summed E-state index contributed by atoms with van der Waals surface area (Å²) in [6, 6.07) is -0.433. The highest BCUT2D eigenvalue weighted by Gasteiger charge is 2.51. The Labute approximate surface area is 185 Å². The molecule has 0 radical (unpaired) electrons. The number of nitrogens with zero attached hydrogens (tertiary/aromatic N) is 2. The highest BCUT2D eigenvalue weighted by molar-refractivity contribution is 8.00. The number of carbonyl (C=O) groups is 3. The summed E-state index contributed by atoms with van der Waals surface area (Å²) in [6.07, 6.45) is 8.20. The minimum Gasteiger partial charge on any atom is -0.462 e. The van der Waals surface area contributed by atoms with Gasteiger partial charge in [0.15, 0.2) is 5.16 Å². The molecule has 1 heterocycles. The van der Waals surface area contributed by atoms with Gasteiger partial charge in [-0.3, -0.25) is 10.1 Å². The number of imide groups is 1. The van der Waals surface area contributed by atoms with Crippen molar-refractivity contribution in [1.82, 2.24) is 20.6 Å². The number of hydrogen-bond acceptors (Lipinski definition) is 8. The van der Waals surface area contributed by atoms with E-state index in [-0.39, 0.29) is 28.7 Å². The zero-order valence-electron chi connectivity index (χ0n) is 17.8. The molecule has 4 aliphatic rings. The first kappa shape index (κ1) is 21.9. The van der Waals surface area contributed by atoms with Gasteiger partial charge in [-0.2, -0.15) is 0 Å². The fourth-order valence-electron chi connectivity index (χ4n) is 5.76. The normalized spacial score (nSPS) is 29.3. The third-order valence-electron chi connectivity index (χ3n) is 6.60. The maximum Gasteiger partial charge on any atom is 0.343 e. The fraction of sp³-hybridized carbons (Fsp3) is 0.667. The van der Waals surface area contributed by atoms with E-state index in [2.05, 4.69) is 20.6 Å². The molecule has 1 unspecified atom stereocenters. The number of nitrogen functional groups attached to an aromatic ring is 1. The van der Waals surface area contributed by atoms with Gasteiger partial charge in [-0.25, -0.2) is 19.6 Å². The predicted molar refractivity (Wildman–Crippen MR) is 115 cm³/mol. The lowest BCUT2D eigenvalue weighted by Gasteiger charge is -2.56. The maximum absolute atomic E-state index is 12.6. The largest absolute Gasteiger partial charge is 0.462 e. The Morgan fingerprint density at radius 1 is 1.23 bits per heavy atom. The quantitative estimate of drug-likeness (QED) is 0.344. The minimum atomic E-state index is -0.616. The second-order valence-corrected chi connectivity index (χ2v) is 10.4. The molecule has 1 aromatic rings. The molecule has 3 amide bonds. The van der Waals surface area contributed by atoms with Crippen LogP contribution in [-0.2, 0) is 9.53 Å². The number of carbonyl (C=O) groups excluding carboxylic acids is 3. The summed E-state index contributed by atoms with van der Waals surface area (Å²) in [4.78, 5) is 45.1. The third kappa shape index (κ3) is 4.78. The second-order valence-electron chi connectivity index (χ2n) is 9.07. The highest BCUT2D eigenvalue weighted by Crippen LogP contribution is 2.55. The Bertz CT molecular complexity index is 857. The maximum atomic E-state index is 12.6. The summed E-state index contributed by atoms with van der Waals surface area (Å²) in [5.41, 5.74) is 5.75. The number of nitrogens with two attached hydrogens (primary N) is 1. The Morgan fingerprint density at radius 3 is 2.39 bits per heavy atom. The molecule has 10 heteroatoms. The van der Waals surface area contributed by atoms with Crippen LogP contribution in [0.3, 0.4) is 0 Å². The van der Waals surface area contributed by atoms with E-state index in [1.54, 1.807) is 13.8 Å². The van der Waals surface area contributed by atoms with Crippen LogP contribution in [-0.4, -0.2) is 45.3 Å². The first-order valence-electron chi connectivity index (χ1n) is 10.9. The van der Waals surface area contributed by atoms with Gasteiger partial charge in [-0.1, -0.05) is 11.8 Å². The van der Waals surface area contributed by atoms with Crippen LogP contribution >= 0.6 is 11.8 Å². The predicted octanol–water partition coefficient (Wildman–Crippen LogP) is 2.51. The van der Waals surface area contributed by atoms with Gasteiger partial charge in [-0.15, -0.1) is 0 Å². The summed E-state index contributed by atoms with van der Waals surface area (Å²) < 4.78 is 4.90. The van der Waals surface area contributed by atoms with Crippen molar-refractivity contribution in [3.63, 3.8) is 0 Å². The van der Waals surface area contributed by atoms with E-state index in [1.165, 1.54) is 25.5 Å². The number of thioether (sulfide) groups is 1. The van der Waals surface area contributed by atoms with Crippen LogP contribution in [0.4, 0.5) is 10.6 Å². The molecule has 4 aliphatic carbocycles. The van der Waals surface area contributed by atoms with Crippen molar-refractivity contribution < 1.29 is 19.1 Å². The molecule has 0 saturated heterocycles. The monoisotopic (exact) mass is 447 g/mol. The Hall–Kier alpha value is -2.36. The first-order chi connectivity index (χ1) is 14.8. The Morgan fingerprint density at radius 2 is 1.84 bits per heavy atom. The average Bonchev–Trinajstić information content (AvgIpc) is 2.66. The lowest BCUT2D eigenvalue weighted by Crippen LogP contribution is -2.62. The molecule has 4 bridgehead atoms. The molecular weight excluding hydrogens is 418 g/mol. The van der Waals surface area contributed by atoms with Crippen molar-refractivity contribution >= 4 is 35.5 Å². The van der Waals surface area contributed by atoms with Crippen LogP contribution in [0.1, 0.15) is 62.7 Å². The van der Waals surface area contributed by atoms with Crippen LogP contribution in [0, 0.1) is 17.8 Å². The van der Waals surface area contributed by atoms with Gasteiger partial charge in [0, 0.05) is 11.7 Å². The van der Waals surface area contributed by atoms with Gasteiger partial charge in [-0.05, 0) is 70.1 Å². The molecule has 1 aromatic heterocycles. The van der Waals surface area contributed by atoms with Crippen molar-refractivity contribution in [2.24, 2.45) is 17.8 Å². The molecule has 31 heavy (non-hydrogen) atoms. The first-order valence-corrected chi connectivity index (χ1v) is 11.7. The van der Waals surface area contributed by atoms with Crippen molar-refractivity contribution in [3.8, 4) is 0 Å². The average molecular weight is 448 g/mol. The van der Waals surface area contributed by atoms with E-state index < -0.39 is 23.2 Å². The molecule has 0 aromatic carbocycles. The summed E-state index contributed by atoms with van der Waals surface area (Å²) in [5, 5.41) is 5.23. The number of aromatic nitrogens is 2. The lowest BCUT2D eigenvalue weighted by atomic mass is 9.53. The standard InChI is InChI=1S/C21H29N5O4S/c1-3-30-18(28)15-10-23-20(24-16(15)22)31-11(2)17(27)25-19(29)26-21-7-12-4-13(8-21)6-14(5-12)9-21/h10-14H,3-9H2,1-2H3,(H2,22,23,24)(H2,25,26,27,29). The van der Waals surface area contributed by atoms with Crippen LogP contribution in [0.25, 0.3) is 0 Å². The SMILES string of the molecule is CCOC(=O)c1cnc(SC(C)C(=O)NC(=O)NC23CC4CC(CC(C4)C2)C3)nc1N. The number of anilines is 1. The third-order valence-corrected chi connectivity index (χ3v) is 7.57. The lowest BCUT2D eigenvalue weighted by molar-refractivity contribution is -0.119. The van der Waals surface area contributed by atoms with Crippen molar-refractivity contribution in [2.75, 3.05) is 12.3 Å². The van der Waals surface area contributed by atoms with E-state index in [0.717, 1.165) is 31.0 Å². The summed E-state index contributed by atoms with van der Waals surface area (Å²) in [6.45, 7) is 3.58. The molecule has 1 atom stereocenters. The number of hydrogen-bond donors (Lipinski definition) is 3. The van der Waals surface area contributed by atoms with E-state index in [4.69, 9.17) is 10.5 Å². The van der Waals surface area contributed by atoms with E-state index >= 15 is 0 Å². The van der Waals surface area contributed by atoms with E-state index in [9.17, 15) is 14.4 Å². The molecule has 168 valence electrons. The second kappa shape index (κ2) is 8.64. The minimum absolute atomic E-state index is 0.0110. The molecule has 4 saturated carbocycles. The number of urea groups is 1. The van der Waals surface area contributed by atoms with Gasteiger partial charge < -0.3 is 15.8 Å². The van der Waals surface area contributed by atoms with Crippen LogP contribution in [0.5, 0.6) is 0 Å². The Balaban J connectivity index is 1.31. The summed E-state index contributed by atoms with van der Waals surface area (Å²) >= 11 is 1.07. The highest BCUT2D eigenvalue weighted by atomic mass is 32.2. The van der Waals surface area contributed by atoms with Gasteiger partial charge >= 0.3 is 12.0 Å². The molecule has 0 aliphatic heterocycles. The summed E-state index contributed by atoms with van der Waals surface area (Å²) in [5.74, 6) is 1.08. The number of esters is 1. The molecule has 4 N–H and O–H groups in total. The van der Waals surface area contributed by atoms with Gasteiger partial charge in [0.2, 0.25) is 5.91 Å². The molecule has 4 fully saturated rings. The van der Waals surface area contributed by atoms with Gasteiger partial charge in [0.05, 0.1) is 11.9 Å². The molecule has 9 nitrogen and oxygen atoms in total. The van der Waals surface area contributed by atoms with Crippen molar-refractivity contribution in [1.29, 1.82) is 0 Å². The number of amides is 3. The van der Waals surface area contributed by atoms with Gasteiger partial charge in [0.25, 0.3) is 0 Å². The number of ether oxygens (including phenoxy) is 1. The van der Waals surface area contributed by atoms with Gasteiger partial charge in [0.1, 0.15) is 11.4 Å². The number of rotatable bonds is 6. The van der Waals surface area contributed by atoms with Crippen LogP contribution in [0.15, 0.2) is 11.4 Å². The summed E-state index contributed by atoms with van der Waals surface area (Å²) in [7, 11) is 0. The number of nitrogens with one attached hydrogen (secondary N) is 2. The molecular formula is C21H29N5O4S. The zero-order chi connectivity index (χ0) is 22.2. The van der Waals surface area contributed by atoms with Crippen LogP contribution in [0.2, 0.25) is 0 Å². The fourth-order valence-corrected chi connectivity index (χ4v) is 6.51. The van der Waals surface area contributed by atoms with Crippen molar-refractivity contribution in [3.05, 3.63) is 11.8 Å². The topological polar surface area (TPSA) is 136 Å².